The first kappa shape index (κ1) is 12.3. The molecule has 1 fully saturated rings. The Labute approximate surface area is 104 Å². The summed E-state index contributed by atoms with van der Waals surface area (Å²) in [7, 11) is 0. The van der Waals surface area contributed by atoms with Gasteiger partial charge in [-0.05, 0) is 30.4 Å². The van der Waals surface area contributed by atoms with E-state index in [-0.39, 0.29) is 5.41 Å². The summed E-state index contributed by atoms with van der Waals surface area (Å²) in [5.41, 5.74) is 2.47. The van der Waals surface area contributed by atoms with E-state index in [1.807, 2.05) is 0 Å². The summed E-state index contributed by atoms with van der Waals surface area (Å²) in [5, 5.41) is 0. The van der Waals surface area contributed by atoms with Crippen LogP contribution in [0.15, 0.2) is 24.3 Å². The first-order valence-corrected chi connectivity index (χ1v) is 6.75. The number of carbonyl (C=O) groups excluding carboxylic acids is 1. The van der Waals surface area contributed by atoms with Crippen LogP contribution in [0.4, 0.5) is 0 Å². The van der Waals surface area contributed by atoms with Crippen molar-refractivity contribution in [2.24, 2.45) is 5.41 Å². The van der Waals surface area contributed by atoms with Crippen molar-refractivity contribution in [1.29, 1.82) is 0 Å². The molecule has 1 heteroatoms. The van der Waals surface area contributed by atoms with E-state index in [9.17, 15) is 4.79 Å². The molecule has 0 radical (unpaired) electrons. The third kappa shape index (κ3) is 2.77. The molecule has 1 aromatic rings. The molecule has 0 unspecified atom stereocenters. The Bertz CT molecular complexity index is 382. The van der Waals surface area contributed by atoms with Crippen LogP contribution >= 0.6 is 0 Å². The zero-order valence-electron chi connectivity index (χ0n) is 11.0. The van der Waals surface area contributed by atoms with Crippen LogP contribution in [0.3, 0.4) is 0 Å². The highest BCUT2D eigenvalue weighted by Gasteiger charge is 2.35. The van der Waals surface area contributed by atoms with Gasteiger partial charge < -0.3 is 0 Å². The van der Waals surface area contributed by atoms with Gasteiger partial charge in [0, 0.05) is 11.8 Å². The van der Waals surface area contributed by atoms with Crippen LogP contribution < -0.4 is 0 Å². The largest absolute Gasteiger partial charge is 0.299 e. The quantitative estimate of drug-likeness (QED) is 0.765. The molecule has 1 aliphatic rings. The lowest BCUT2D eigenvalue weighted by molar-refractivity contribution is -0.126. The van der Waals surface area contributed by atoms with Crippen LogP contribution in [-0.2, 0) is 17.6 Å². The van der Waals surface area contributed by atoms with Gasteiger partial charge in [0.2, 0.25) is 0 Å². The predicted octanol–water partition coefficient (Wildman–Crippen LogP) is 3.94. The van der Waals surface area contributed by atoms with E-state index < -0.39 is 0 Å². The summed E-state index contributed by atoms with van der Waals surface area (Å²) in [6.07, 6.45) is 6.28. The van der Waals surface area contributed by atoms with Crippen LogP contribution in [0, 0.1) is 5.41 Å². The maximum Gasteiger partial charge on any atom is 0.143 e. The Kier molecular flexibility index (Phi) is 3.66. The number of hydrogen-bond donors (Lipinski definition) is 0. The number of benzene rings is 1. The molecule has 0 bridgehead atoms. The van der Waals surface area contributed by atoms with E-state index in [0.29, 0.717) is 12.2 Å². The lowest BCUT2D eigenvalue weighted by Crippen LogP contribution is -2.25. The van der Waals surface area contributed by atoms with E-state index in [2.05, 4.69) is 38.1 Å². The van der Waals surface area contributed by atoms with Gasteiger partial charge in [-0.1, -0.05) is 51.0 Å². The van der Waals surface area contributed by atoms with Gasteiger partial charge in [0.05, 0.1) is 0 Å². The smallest absolute Gasteiger partial charge is 0.143 e. The fourth-order valence-corrected chi connectivity index (χ4v) is 2.73. The molecule has 0 aromatic heterocycles. The highest BCUT2D eigenvalue weighted by Crippen LogP contribution is 2.39. The topological polar surface area (TPSA) is 17.1 Å². The standard InChI is InChI=1S/C16H22O/c1-3-13-6-8-14(9-7-13)12-15(17)16(2)10-4-5-11-16/h6-9H,3-5,10-12H2,1-2H3. The first-order valence-electron chi connectivity index (χ1n) is 6.75. The normalized spacial score (nSPS) is 18.2. The van der Waals surface area contributed by atoms with Gasteiger partial charge >= 0.3 is 0 Å². The van der Waals surface area contributed by atoms with Gasteiger partial charge in [0.25, 0.3) is 0 Å². The second-order valence-corrected chi connectivity index (χ2v) is 5.54. The van der Waals surface area contributed by atoms with Crippen molar-refractivity contribution >= 4 is 5.78 Å². The summed E-state index contributed by atoms with van der Waals surface area (Å²) in [5.74, 6) is 0.430. The summed E-state index contributed by atoms with van der Waals surface area (Å²) >= 11 is 0. The van der Waals surface area contributed by atoms with E-state index in [4.69, 9.17) is 0 Å². The summed E-state index contributed by atoms with van der Waals surface area (Å²) in [6, 6.07) is 8.49. The van der Waals surface area contributed by atoms with Crippen molar-refractivity contribution in [3.05, 3.63) is 35.4 Å². The molecule has 0 N–H and O–H groups in total. The second kappa shape index (κ2) is 5.03. The van der Waals surface area contributed by atoms with Crippen LogP contribution in [0.5, 0.6) is 0 Å². The Hall–Kier alpha value is -1.11. The minimum absolute atomic E-state index is 0.0383. The maximum atomic E-state index is 12.3. The molecular formula is C16H22O. The molecule has 1 nitrogen and oxygen atoms in total. The lowest BCUT2D eigenvalue weighted by atomic mass is 9.81. The number of aryl methyl sites for hydroxylation is 1. The zero-order chi connectivity index (χ0) is 12.3. The summed E-state index contributed by atoms with van der Waals surface area (Å²) in [6.45, 7) is 4.29. The predicted molar refractivity (Wildman–Crippen MR) is 71.1 cm³/mol. The Morgan fingerprint density at radius 1 is 1.12 bits per heavy atom. The van der Waals surface area contributed by atoms with Crippen molar-refractivity contribution < 1.29 is 4.79 Å². The van der Waals surface area contributed by atoms with Crippen LogP contribution in [0.25, 0.3) is 0 Å². The van der Waals surface area contributed by atoms with E-state index in [1.54, 1.807) is 0 Å². The molecule has 0 aliphatic heterocycles. The molecule has 1 aromatic carbocycles. The third-order valence-corrected chi connectivity index (χ3v) is 4.18. The van der Waals surface area contributed by atoms with E-state index >= 15 is 0 Å². The molecule has 0 amide bonds. The van der Waals surface area contributed by atoms with Gasteiger partial charge in [0.15, 0.2) is 0 Å². The molecule has 92 valence electrons. The number of Topliss-reactive ketones (excluding diaryl/α,β-unsaturated/α-hetero) is 1. The van der Waals surface area contributed by atoms with E-state index in [1.165, 1.54) is 24.0 Å². The van der Waals surface area contributed by atoms with Crippen molar-refractivity contribution in [1.82, 2.24) is 0 Å². The average Bonchev–Trinajstić information content (AvgIpc) is 2.78. The first-order chi connectivity index (χ1) is 8.14. The third-order valence-electron chi connectivity index (χ3n) is 4.18. The monoisotopic (exact) mass is 230 g/mol. The van der Waals surface area contributed by atoms with Crippen molar-refractivity contribution in [2.75, 3.05) is 0 Å². The average molecular weight is 230 g/mol. The van der Waals surface area contributed by atoms with Gasteiger partial charge in [-0.25, -0.2) is 0 Å². The van der Waals surface area contributed by atoms with Crippen molar-refractivity contribution in [2.45, 2.75) is 52.4 Å². The van der Waals surface area contributed by atoms with Crippen molar-refractivity contribution in [3.8, 4) is 0 Å². The highest BCUT2D eigenvalue weighted by molar-refractivity contribution is 5.86. The van der Waals surface area contributed by atoms with Crippen molar-refractivity contribution in [3.63, 3.8) is 0 Å². The number of hydrogen-bond acceptors (Lipinski definition) is 1. The fourth-order valence-electron chi connectivity index (χ4n) is 2.73. The molecule has 1 saturated carbocycles. The lowest BCUT2D eigenvalue weighted by Gasteiger charge is -2.21. The van der Waals surface area contributed by atoms with Gasteiger partial charge in [0.1, 0.15) is 5.78 Å². The highest BCUT2D eigenvalue weighted by atomic mass is 16.1. The molecule has 1 aliphatic carbocycles. The van der Waals surface area contributed by atoms with Crippen LogP contribution in [-0.4, -0.2) is 5.78 Å². The Morgan fingerprint density at radius 2 is 1.65 bits per heavy atom. The second-order valence-electron chi connectivity index (χ2n) is 5.54. The number of rotatable bonds is 4. The molecule has 0 saturated heterocycles. The minimum atomic E-state index is -0.0383. The SMILES string of the molecule is CCc1ccc(CC(=O)C2(C)CCCC2)cc1. The number of ketones is 1. The fraction of sp³-hybridized carbons (Fsp3) is 0.562. The Morgan fingerprint density at radius 3 is 2.18 bits per heavy atom. The summed E-state index contributed by atoms with van der Waals surface area (Å²) in [4.78, 5) is 12.3. The van der Waals surface area contributed by atoms with E-state index in [0.717, 1.165) is 19.3 Å². The Balaban J connectivity index is 2.02. The maximum absolute atomic E-state index is 12.3. The van der Waals surface area contributed by atoms with Gasteiger partial charge in [-0.3, -0.25) is 4.79 Å². The molecule has 17 heavy (non-hydrogen) atoms. The molecular weight excluding hydrogens is 208 g/mol. The summed E-state index contributed by atoms with van der Waals surface area (Å²) < 4.78 is 0. The number of carbonyl (C=O) groups is 1. The van der Waals surface area contributed by atoms with Gasteiger partial charge in [-0.2, -0.15) is 0 Å². The minimum Gasteiger partial charge on any atom is -0.299 e. The zero-order valence-corrected chi connectivity index (χ0v) is 11.0. The molecule has 0 spiro atoms. The molecule has 0 heterocycles. The van der Waals surface area contributed by atoms with Crippen LogP contribution in [0.1, 0.15) is 50.7 Å². The molecule has 2 rings (SSSR count). The van der Waals surface area contributed by atoms with Gasteiger partial charge in [-0.15, -0.1) is 0 Å². The molecule has 0 atom stereocenters. The van der Waals surface area contributed by atoms with Crippen LogP contribution in [0.2, 0.25) is 0 Å².